The van der Waals surface area contributed by atoms with Crippen molar-refractivity contribution in [3.63, 3.8) is 0 Å². The van der Waals surface area contributed by atoms with Gasteiger partial charge < -0.3 is 18.3 Å². The van der Waals surface area contributed by atoms with Crippen LogP contribution in [0.2, 0.25) is 0 Å². The minimum atomic E-state index is 0.580. The van der Waals surface area contributed by atoms with E-state index >= 15 is 0 Å². The number of nitrogens with zero attached hydrogens (tertiary/aromatic N) is 13. The molecule has 0 bridgehead atoms. The van der Waals surface area contributed by atoms with Gasteiger partial charge in [0.1, 0.15) is 0 Å². The van der Waals surface area contributed by atoms with Crippen molar-refractivity contribution in [3.8, 4) is 103 Å². The number of rotatable bonds is 12. The third-order valence-corrected chi connectivity index (χ3v) is 28.4. The van der Waals surface area contributed by atoms with E-state index in [1.54, 1.807) is 0 Å². The molecular formula is C131H83N13. The molecule has 0 radical (unpaired) electrons. The molecule has 0 unspecified atom stereocenters. The van der Waals surface area contributed by atoms with Gasteiger partial charge in [-0.2, -0.15) is 19.9 Å². The van der Waals surface area contributed by atoms with E-state index in [1.807, 2.05) is 97.1 Å². The van der Waals surface area contributed by atoms with Gasteiger partial charge in [0.15, 0.2) is 23.3 Å². The van der Waals surface area contributed by atoms with Gasteiger partial charge in [-0.15, -0.1) is 0 Å². The highest BCUT2D eigenvalue weighted by atomic mass is 15.2. The summed E-state index contributed by atoms with van der Waals surface area (Å²) in [6.07, 6.45) is 0. The first-order valence-corrected chi connectivity index (χ1v) is 48.7. The van der Waals surface area contributed by atoms with Crippen molar-refractivity contribution in [2.24, 2.45) is 0 Å². The second-order valence-electron chi connectivity index (χ2n) is 36.6. The van der Waals surface area contributed by atoms with Crippen LogP contribution in [0.5, 0.6) is 0 Å². The van der Waals surface area contributed by atoms with Crippen molar-refractivity contribution >= 4 is 163 Å². The summed E-state index contributed by atoms with van der Waals surface area (Å²) in [5.74, 6) is 3.70. The number of para-hydroxylation sites is 7. The highest BCUT2D eigenvalue weighted by molar-refractivity contribution is 6.31. The van der Waals surface area contributed by atoms with Crippen molar-refractivity contribution in [2.45, 2.75) is 0 Å². The third-order valence-electron chi connectivity index (χ3n) is 28.4. The summed E-state index contributed by atoms with van der Waals surface area (Å²) in [5, 5.41) is 21.7. The molecule has 0 amide bonds. The molecule has 0 saturated carbocycles. The zero-order chi connectivity index (χ0) is 94.8. The monoisotopic (exact) mass is 1840 g/mol. The molecule has 0 spiro atoms. The number of aromatic nitrogens is 13. The Morgan fingerprint density at radius 1 is 0.132 bits per heavy atom. The predicted octanol–water partition coefficient (Wildman–Crippen LogP) is 32.9. The summed E-state index contributed by atoms with van der Waals surface area (Å²) in [7, 11) is 0. The Morgan fingerprint density at radius 3 is 0.819 bits per heavy atom. The van der Waals surface area contributed by atoms with Gasteiger partial charge in [-0.3, -0.25) is 9.13 Å². The van der Waals surface area contributed by atoms with Crippen molar-refractivity contribution in [3.05, 3.63) is 504 Å². The van der Waals surface area contributed by atoms with Crippen LogP contribution in [0, 0.1) is 0 Å². The molecule has 13 heteroatoms. The molecule has 9 heterocycles. The van der Waals surface area contributed by atoms with E-state index in [2.05, 4.69) is 434 Å². The molecule has 21 aromatic carbocycles. The average Bonchev–Trinajstić information content (AvgIpc) is 1.53. The molecule has 0 saturated heterocycles. The second-order valence-corrected chi connectivity index (χ2v) is 36.6. The van der Waals surface area contributed by atoms with Crippen LogP contribution in [0.3, 0.4) is 0 Å². The molecule has 13 nitrogen and oxygen atoms in total. The standard InChI is InChI=1S/C45H29N3.2C43H27N5/c1-4-15-31(16-5-1)39-26-34(27-40(46-39)32-17-6-2-7-18-32)48-42-25-24-30-14-10-11-21-35(30)45(42)38-28-37-36-22-12-13-23-41(36)47(43(37)29-44(38)48)33-19-8-3-9-20-33;1-4-14-28(15-5-1)41-44-42(29-16-6-2-7-17-29)46-43(45-41)48-38-23-13-11-21-32(38)34-25-26-35-36(40(34)48)27-24-33-31-20-10-12-22-37(31)47(39(33)35)30-18-8-3-9-19-30;1-4-15-29(16-5-1)41-44-42(30-17-6-2-7-18-30)46-43(45-41)48-36-23-13-12-22-33(36)34-25-26-35-38-32-21-11-10-14-28(32)24-27-37(38)47(40(35)39(34)48)31-19-8-3-9-20-31/h1-29H;2*1-27H. The number of fused-ring (bicyclic) bond motifs is 26. The largest absolute Gasteiger partial charge is 0.309 e. The molecule has 0 aliphatic rings. The molecule has 30 aromatic rings. The molecule has 144 heavy (non-hydrogen) atoms. The molecule has 0 aliphatic heterocycles. The maximum Gasteiger partial charge on any atom is 0.238 e. The lowest BCUT2D eigenvalue weighted by atomic mass is 10.0. The number of pyridine rings is 1. The molecule has 30 rings (SSSR count). The van der Waals surface area contributed by atoms with Crippen molar-refractivity contribution in [1.29, 1.82) is 0 Å². The average molecular weight is 1840 g/mol. The fourth-order valence-electron chi connectivity index (χ4n) is 22.1. The number of hydrogen-bond donors (Lipinski definition) is 0. The van der Waals surface area contributed by atoms with E-state index < -0.39 is 0 Å². The van der Waals surface area contributed by atoms with Crippen LogP contribution in [0.1, 0.15) is 0 Å². The molecule has 0 aliphatic carbocycles. The SMILES string of the molecule is c1ccc(-c2cc(-n3c4cc5c(cc4c4c6ccccc6ccc43)c3ccccc3n5-c3ccccc3)cc(-c3ccccc3)n2)cc1.c1ccc(-c2nc(-c3ccccc3)nc(-n3c4ccccc4c4ccc5c(ccc6c7ccccc7n(-c7ccccc7)c65)c43)n2)cc1.c1ccc(-c2nc(-c3ccccc3)nc(-n3c4ccccc4c4ccc5c6c7ccccc7ccc6n(-c6ccccc6)c5c43)n2)cc1. The number of hydrogen-bond acceptors (Lipinski definition) is 7. The van der Waals surface area contributed by atoms with Gasteiger partial charge in [0.25, 0.3) is 0 Å². The second kappa shape index (κ2) is 34.2. The maximum absolute atomic E-state index is 5.22. The van der Waals surface area contributed by atoms with Crippen molar-refractivity contribution in [1.82, 2.24) is 62.3 Å². The van der Waals surface area contributed by atoms with Gasteiger partial charge in [-0.05, 0) is 119 Å². The van der Waals surface area contributed by atoms with Gasteiger partial charge in [-0.1, -0.05) is 406 Å². The van der Waals surface area contributed by atoms with Crippen LogP contribution >= 0.6 is 0 Å². The van der Waals surface area contributed by atoms with E-state index in [-0.39, 0.29) is 0 Å². The molecular weight excluding hydrogens is 1760 g/mol. The Bertz CT molecular complexity index is 10100. The zero-order valence-corrected chi connectivity index (χ0v) is 77.7. The number of benzene rings is 21. The third kappa shape index (κ3) is 13.7. The minimum absolute atomic E-state index is 0.580. The van der Waals surface area contributed by atoms with Gasteiger partial charge >= 0.3 is 0 Å². The van der Waals surface area contributed by atoms with Crippen molar-refractivity contribution in [2.75, 3.05) is 0 Å². The lowest BCUT2D eigenvalue weighted by Gasteiger charge is -2.14. The molecule has 672 valence electrons. The fraction of sp³-hybridized carbons (Fsp3) is 0. The summed E-state index contributed by atoms with van der Waals surface area (Å²) >= 11 is 0. The van der Waals surface area contributed by atoms with Crippen LogP contribution in [-0.2, 0) is 0 Å². The summed E-state index contributed by atoms with van der Waals surface area (Å²) in [5.41, 5.74) is 25.9. The van der Waals surface area contributed by atoms with E-state index in [0.717, 1.165) is 133 Å². The Kier molecular flexibility index (Phi) is 19.6. The highest BCUT2D eigenvalue weighted by Gasteiger charge is 2.29. The van der Waals surface area contributed by atoms with Crippen LogP contribution in [0.4, 0.5) is 0 Å². The first kappa shape index (κ1) is 82.6. The van der Waals surface area contributed by atoms with Crippen LogP contribution < -0.4 is 0 Å². The normalized spacial score (nSPS) is 11.8. The lowest BCUT2D eigenvalue weighted by Crippen LogP contribution is -2.07. The molecule has 0 N–H and O–H groups in total. The van der Waals surface area contributed by atoms with E-state index in [9.17, 15) is 0 Å². The molecule has 0 fully saturated rings. The lowest BCUT2D eigenvalue weighted by molar-refractivity contribution is 0.953. The molecule has 0 atom stereocenters. The van der Waals surface area contributed by atoms with Gasteiger partial charge in [0.2, 0.25) is 11.9 Å². The van der Waals surface area contributed by atoms with Crippen LogP contribution in [-0.4, -0.2) is 62.3 Å². The van der Waals surface area contributed by atoms with Crippen molar-refractivity contribution < 1.29 is 0 Å². The Hall–Kier alpha value is -19.6. The Morgan fingerprint density at radius 2 is 0.403 bits per heavy atom. The van der Waals surface area contributed by atoms with Gasteiger partial charge in [0.05, 0.1) is 83.3 Å². The Labute approximate surface area is 826 Å². The van der Waals surface area contributed by atoms with Crippen LogP contribution in [0.25, 0.3) is 266 Å². The highest BCUT2D eigenvalue weighted by Crippen LogP contribution is 2.49. The summed E-state index contributed by atoms with van der Waals surface area (Å²) < 4.78 is 14.1. The summed E-state index contributed by atoms with van der Waals surface area (Å²) in [6.45, 7) is 0. The summed E-state index contributed by atoms with van der Waals surface area (Å²) in [4.78, 5) is 36.0. The minimum Gasteiger partial charge on any atom is -0.309 e. The molecule has 9 aromatic heterocycles. The Balaban J connectivity index is 0.000000105. The predicted molar refractivity (Wildman–Crippen MR) is 595 cm³/mol. The zero-order valence-electron chi connectivity index (χ0n) is 77.7. The first-order chi connectivity index (χ1) is 71.5. The van der Waals surface area contributed by atoms with Crippen LogP contribution in [0.15, 0.2) is 504 Å². The van der Waals surface area contributed by atoms with Gasteiger partial charge in [-0.25, -0.2) is 15.0 Å². The fourth-order valence-corrected chi connectivity index (χ4v) is 22.1. The topological polar surface area (TPSA) is 120 Å². The summed E-state index contributed by atoms with van der Waals surface area (Å²) in [6, 6.07) is 178. The maximum atomic E-state index is 5.22. The quantitative estimate of drug-likeness (QED) is 0.119. The van der Waals surface area contributed by atoms with E-state index in [1.165, 1.54) is 97.6 Å². The van der Waals surface area contributed by atoms with E-state index in [0.29, 0.717) is 35.2 Å². The van der Waals surface area contributed by atoms with Gasteiger partial charge in [0, 0.05) is 126 Å². The van der Waals surface area contributed by atoms with E-state index in [4.69, 9.17) is 34.9 Å². The first-order valence-electron chi connectivity index (χ1n) is 48.7. The smallest absolute Gasteiger partial charge is 0.238 e.